The maximum Gasteiger partial charge on any atom is 0.194 e. The SMILES string of the molecule is CCC(C#N)S(=O)(=O)c1ccc(N)cc1. The number of hydrogen-bond donors (Lipinski definition) is 1. The van der Waals surface area contributed by atoms with Crippen molar-refractivity contribution in [2.24, 2.45) is 0 Å². The maximum atomic E-state index is 11.8. The molecule has 0 aliphatic rings. The lowest BCUT2D eigenvalue weighted by atomic mass is 10.3. The third-order valence-corrected chi connectivity index (χ3v) is 4.22. The van der Waals surface area contributed by atoms with Gasteiger partial charge < -0.3 is 5.73 Å². The Bertz CT molecular complexity index is 471. The van der Waals surface area contributed by atoms with Gasteiger partial charge in [-0.25, -0.2) is 8.42 Å². The summed E-state index contributed by atoms with van der Waals surface area (Å²) in [7, 11) is -3.53. The summed E-state index contributed by atoms with van der Waals surface area (Å²) in [6.07, 6.45) is 0.281. The van der Waals surface area contributed by atoms with E-state index in [0.29, 0.717) is 5.69 Å². The second-order valence-electron chi connectivity index (χ2n) is 3.14. The Morgan fingerprint density at radius 3 is 2.33 bits per heavy atom. The summed E-state index contributed by atoms with van der Waals surface area (Å²) in [6.45, 7) is 1.67. The zero-order valence-corrected chi connectivity index (χ0v) is 9.16. The molecule has 80 valence electrons. The standard InChI is InChI=1S/C10H12N2O2S/c1-2-9(7-11)15(13,14)10-5-3-8(12)4-6-10/h3-6,9H,2,12H2,1H3. The molecule has 0 aliphatic carbocycles. The Morgan fingerprint density at radius 2 is 1.93 bits per heavy atom. The zero-order valence-electron chi connectivity index (χ0n) is 8.34. The van der Waals surface area contributed by atoms with Crippen molar-refractivity contribution in [3.63, 3.8) is 0 Å². The van der Waals surface area contributed by atoms with Crippen molar-refractivity contribution in [2.45, 2.75) is 23.5 Å². The predicted octanol–water partition coefficient (Wildman–Crippen LogP) is 1.34. The fourth-order valence-corrected chi connectivity index (χ4v) is 2.62. The van der Waals surface area contributed by atoms with Gasteiger partial charge in [0.05, 0.1) is 11.0 Å². The summed E-state index contributed by atoms with van der Waals surface area (Å²) in [6, 6.07) is 7.65. The van der Waals surface area contributed by atoms with Gasteiger partial charge in [0.1, 0.15) is 0 Å². The van der Waals surface area contributed by atoms with Crippen LogP contribution in [0.5, 0.6) is 0 Å². The molecule has 1 unspecified atom stereocenters. The summed E-state index contributed by atoms with van der Waals surface area (Å²) < 4.78 is 23.7. The van der Waals surface area contributed by atoms with Crippen LogP contribution in [0.1, 0.15) is 13.3 Å². The molecule has 0 spiro atoms. The van der Waals surface area contributed by atoms with E-state index in [0.717, 1.165) is 0 Å². The minimum Gasteiger partial charge on any atom is -0.399 e. The van der Waals surface area contributed by atoms with Crippen molar-refractivity contribution in [2.75, 3.05) is 5.73 Å². The largest absolute Gasteiger partial charge is 0.399 e. The smallest absolute Gasteiger partial charge is 0.194 e. The Hall–Kier alpha value is -1.54. The molecule has 0 aliphatic heterocycles. The van der Waals surface area contributed by atoms with E-state index in [2.05, 4.69) is 0 Å². The van der Waals surface area contributed by atoms with Gasteiger partial charge in [-0.15, -0.1) is 0 Å². The molecule has 0 saturated carbocycles. The van der Waals surface area contributed by atoms with Gasteiger partial charge >= 0.3 is 0 Å². The van der Waals surface area contributed by atoms with Gasteiger partial charge in [-0.2, -0.15) is 5.26 Å². The van der Waals surface area contributed by atoms with Gasteiger partial charge in [0.2, 0.25) is 0 Å². The van der Waals surface area contributed by atoms with Crippen molar-refractivity contribution in [3.8, 4) is 6.07 Å². The van der Waals surface area contributed by atoms with Crippen LogP contribution in [0.2, 0.25) is 0 Å². The summed E-state index contributed by atoms with van der Waals surface area (Å²) >= 11 is 0. The number of rotatable bonds is 3. The van der Waals surface area contributed by atoms with Crippen LogP contribution in [0.25, 0.3) is 0 Å². The summed E-state index contributed by atoms with van der Waals surface area (Å²) in [5.41, 5.74) is 5.95. The van der Waals surface area contributed by atoms with Crippen LogP contribution in [0.4, 0.5) is 5.69 Å². The molecule has 5 heteroatoms. The molecule has 0 heterocycles. The summed E-state index contributed by atoms with van der Waals surface area (Å²) in [5.74, 6) is 0. The van der Waals surface area contributed by atoms with Gasteiger partial charge in [0.15, 0.2) is 15.1 Å². The molecule has 15 heavy (non-hydrogen) atoms. The van der Waals surface area contributed by atoms with Crippen molar-refractivity contribution in [1.82, 2.24) is 0 Å². The number of nitrogens with two attached hydrogens (primary N) is 1. The fourth-order valence-electron chi connectivity index (χ4n) is 1.20. The third-order valence-electron chi connectivity index (χ3n) is 2.10. The van der Waals surface area contributed by atoms with Crippen LogP contribution in [0, 0.1) is 11.3 Å². The molecule has 0 fully saturated rings. The van der Waals surface area contributed by atoms with Crippen molar-refractivity contribution in [1.29, 1.82) is 5.26 Å². The van der Waals surface area contributed by atoms with Gasteiger partial charge in [0.25, 0.3) is 0 Å². The van der Waals surface area contributed by atoms with Crippen LogP contribution in [-0.2, 0) is 9.84 Å². The van der Waals surface area contributed by atoms with E-state index in [1.54, 1.807) is 13.0 Å². The second kappa shape index (κ2) is 4.32. The lowest BCUT2D eigenvalue weighted by Gasteiger charge is -2.08. The molecule has 4 nitrogen and oxygen atoms in total. The normalized spacial score (nSPS) is 13.1. The summed E-state index contributed by atoms with van der Waals surface area (Å²) in [5, 5.41) is 7.74. The molecule has 2 N–H and O–H groups in total. The lowest BCUT2D eigenvalue weighted by Crippen LogP contribution is -2.18. The zero-order chi connectivity index (χ0) is 11.5. The van der Waals surface area contributed by atoms with E-state index in [1.165, 1.54) is 24.3 Å². The van der Waals surface area contributed by atoms with Crippen LogP contribution < -0.4 is 5.73 Å². The number of nitrogens with zero attached hydrogens (tertiary/aromatic N) is 1. The molecular weight excluding hydrogens is 212 g/mol. The van der Waals surface area contributed by atoms with Gasteiger partial charge in [-0.05, 0) is 30.7 Å². The topological polar surface area (TPSA) is 84.0 Å². The van der Waals surface area contributed by atoms with Crippen molar-refractivity contribution < 1.29 is 8.42 Å². The Labute approximate surface area is 89.2 Å². The summed E-state index contributed by atoms with van der Waals surface area (Å²) in [4.78, 5) is 0.144. The highest BCUT2D eigenvalue weighted by Gasteiger charge is 2.25. The number of hydrogen-bond acceptors (Lipinski definition) is 4. The highest BCUT2D eigenvalue weighted by molar-refractivity contribution is 7.92. The van der Waals surface area contributed by atoms with Crippen molar-refractivity contribution in [3.05, 3.63) is 24.3 Å². The van der Waals surface area contributed by atoms with Crippen LogP contribution in [-0.4, -0.2) is 13.7 Å². The number of benzene rings is 1. The lowest BCUT2D eigenvalue weighted by molar-refractivity contribution is 0.587. The van der Waals surface area contributed by atoms with E-state index in [9.17, 15) is 8.42 Å². The molecule has 1 atom stereocenters. The first-order valence-electron chi connectivity index (χ1n) is 4.51. The number of anilines is 1. The molecule has 0 radical (unpaired) electrons. The van der Waals surface area contributed by atoms with Gasteiger partial charge in [-0.3, -0.25) is 0 Å². The molecular formula is C10H12N2O2S. The number of nitriles is 1. The minimum absolute atomic E-state index is 0.144. The maximum absolute atomic E-state index is 11.8. The minimum atomic E-state index is -3.53. The highest BCUT2D eigenvalue weighted by atomic mass is 32.2. The first-order valence-corrected chi connectivity index (χ1v) is 6.06. The average molecular weight is 224 g/mol. The second-order valence-corrected chi connectivity index (χ2v) is 5.27. The first-order chi connectivity index (χ1) is 7.02. The monoisotopic (exact) mass is 224 g/mol. The molecule has 0 aromatic heterocycles. The Morgan fingerprint density at radius 1 is 1.40 bits per heavy atom. The first kappa shape index (κ1) is 11.5. The number of sulfone groups is 1. The highest BCUT2D eigenvalue weighted by Crippen LogP contribution is 2.18. The van der Waals surface area contributed by atoms with E-state index in [-0.39, 0.29) is 11.3 Å². The van der Waals surface area contributed by atoms with E-state index in [1.807, 2.05) is 0 Å². The Kier molecular flexibility index (Phi) is 3.32. The predicted molar refractivity (Wildman–Crippen MR) is 57.7 cm³/mol. The molecule has 0 amide bonds. The van der Waals surface area contributed by atoms with Gasteiger partial charge in [0, 0.05) is 5.69 Å². The molecule has 0 saturated heterocycles. The van der Waals surface area contributed by atoms with Gasteiger partial charge in [-0.1, -0.05) is 6.92 Å². The van der Waals surface area contributed by atoms with E-state index < -0.39 is 15.1 Å². The number of nitrogen functional groups attached to an aromatic ring is 1. The Balaban J connectivity index is 3.18. The molecule has 1 rings (SSSR count). The van der Waals surface area contributed by atoms with Crippen LogP contribution in [0.3, 0.4) is 0 Å². The molecule has 1 aromatic carbocycles. The van der Waals surface area contributed by atoms with Crippen molar-refractivity contribution >= 4 is 15.5 Å². The third kappa shape index (κ3) is 2.28. The van der Waals surface area contributed by atoms with E-state index >= 15 is 0 Å². The van der Waals surface area contributed by atoms with E-state index in [4.69, 9.17) is 11.0 Å². The quantitative estimate of drug-likeness (QED) is 0.785. The van der Waals surface area contributed by atoms with Crippen LogP contribution >= 0.6 is 0 Å². The fraction of sp³-hybridized carbons (Fsp3) is 0.300. The average Bonchev–Trinajstić information content (AvgIpc) is 2.19. The molecule has 0 bridgehead atoms. The van der Waals surface area contributed by atoms with Crippen LogP contribution in [0.15, 0.2) is 29.2 Å². The molecule has 1 aromatic rings.